The lowest BCUT2D eigenvalue weighted by Gasteiger charge is -2.25. The second kappa shape index (κ2) is 5.62. The fourth-order valence-corrected chi connectivity index (χ4v) is 2.21. The summed E-state index contributed by atoms with van der Waals surface area (Å²) in [4.78, 5) is 6.30. The molecule has 20 heavy (non-hydrogen) atoms. The van der Waals surface area contributed by atoms with Gasteiger partial charge in [0, 0.05) is 24.5 Å². The van der Waals surface area contributed by atoms with Crippen molar-refractivity contribution in [1.29, 1.82) is 5.26 Å². The summed E-state index contributed by atoms with van der Waals surface area (Å²) in [5.74, 6) is 0.832. The fourth-order valence-electron chi connectivity index (χ4n) is 2.21. The van der Waals surface area contributed by atoms with E-state index < -0.39 is 0 Å². The maximum absolute atomic E-state index is 9.70. The van der Waals surface area contributed by atoms with Crippen molar-refractivity contribution >= 4 is 11.5 Å². The molecule has 4 nitrogen and oxygen atoms in total. The van der Waals surface area contributed by atoms with Gasteiger partial charge in [-0.05, 0) is 44.0 Å². The number of nitriles is 1. The first kappa shape index (κ1) is 13.9. The SMILES string of the molecule is CCN(c1cc(O)ccc1C)c1nccc(C)c1C#N. The molecule has 1 heterocycles. The Bertz CT molecular complexity index is 674. The maximum atomic E-state index is 9.70. The van der Waals surface area contributed by atoms with Gasteiger partial charge in [-0.15, -0.1) is 0 Å². The number of phenols is 1. The third-order valence-corrected chi connectivity index (χ3v) is 3.31. The summed E-state index contributed by atoms with van der Waals surface area (Å²) >= 11 is 0. The number of nitrogens with zero attached hydrogens (tertiary/aromatic N) is 3. The molecule has 0 bridgehead atoms. The number of benzene rings is 1. The molecule has 102 valence electrons. The number of phenolic OH excluding ortho intramolecular Hbond substituents is 1. The molecule has 0 fully saturated rings. The maximum Gasteiger partial charge on any atom is 0.151 e. The van der Waals surface area contributed by atoms with Crippen molar-refractivity contribution in [1.82, 2.24) is 4.98 Å². The highest BCUT2D eigenvalue weighted by molar-refractivity contribution is 5.70. The number of pyridine rings is 1. The van der Waals surface area contributed by atoms with Crippen molar-refractivity contribution in [3.8, 4) is 11.8 Å². The predicted octanol–water partition coefficient (Wildman–Crippen LogP) is 3.43. The summed E-state index contributed by atoms with van der Waals surface area (Å²) in [6.45, 7) is 6.52. The van der Waals surface area contributed by atoms with E-state index >= 15 is 0 Å². The van der Waals surface area contributed by atoms with Crippen molar-refractivity contribution in [2.75, 3.05) is 11.4 Å². The van der Waals surface area contributed by atoms with Crippen molar-refractivity contribution < 1.29 is 5.11 Å². The van der Waals surface area contributed by atoms with Gasteiger partial charge < -0.3 is 10.0 Å². The van der Waals surface area contributed by atoms with E-state index in [0.29, 0.717) is 17.9 Å². The number of aromatic nitrogens is 1. The number of rotatable bonds is 3. The smallest absolute Gasteiger partial charge is 0.151 e. The lowest BCUT2D eigenvalue weighted by atomic mass is 10.1. The van der Waals surface area contributed by atoms with Crippen LogP contribution >= 0.6 is 0 Å². The summed E-state index contributed by atoms with van der Waals surface area (Å²) in [5.41, 5.74) is 3.35. The van der Waals surface area contributed by atoms with Gasteiger partial charge in [0.05, 0.1) is 5.56 Å². The van der Waals surface area contributed by atoms with Crippen LogP contribution in [0, 0.1) is 25.2 Å². The molecule has 0 saturated carbocycles. The molecule has 4 heteroatoms. The molecule has 0 unspecified atom stereocenters. The van der Waals surface area contributed by atoms with E-state index in [0.717, 1.165) is 16.8 Å². The Kier molecular flexibility index (Phi) is 3.90. The highest BCUT2D eigenvalue weighted by Gasteiger charge is 2.17. The number of hydrogen-bond acceptors (Lipinski definition) is 4. The van der Waals surface area contributed by atoms with Gasteiger partial charge in [0.15, 0.2) is 5.82 Å². The topological polar surface area (TPSA) is 60.1 Å². The van der Waals surface area contributed by atoms with Gasteiger partial charge in [-0.2, -0.15) is 5.26 Å². The second-order valence-electron chi connectivity index (χ2n) is 4.65. The van der Waals surface area contributed by atoms with Crippen molar-refractivity contribution in [3.05, 3.63) is 47.2 Å². The van der Waals surface area contributed by atoms with Crippen LogP contribution < -0.4 is 4.90 Å². The minimum absolute atomic E-state index is 0.204. The highest BCUT2D eigenvalue weighted by atomic mass is 16.3. The van der Waals surface area contributed by atoms with Crippen LogP contribution in [0.4, 0.5) is 11.5 Å². The highest BCUT2D eigenvalue weighted by Crippen LogP contribution is 2.32. The van der Waals surface area contributed by atoms with Crippen molar-refractivity contribution in [2.24, 2.45) is 0 Å². The Morgan fingerprint density at radius 3 is 2.65 bits per heavy atom. The zero-order valence-corrected chi connectivity index (χ0v) is 11.9. The first-order valence-electron chi connectivity index (χ1n) is 6.51. The molecule has 0 aliphatic carbocycles. The van der Waals surface area contributed by atoms with Crippen LogP contribution in [-0.4, -0.2) is 16.6 Å². The number of hydrogen-bond donors (Lipinski definition) is 1. The minimum Gasteiger partial charge on any atom is -0.508 e. The van der Waals surface area contributed by atoms with Crippen molar-refractivity contribution in [3.63, 3.8) is 0 Å². The summed E-state index contributed by atoms with van der Waals surface area (Å²) in [6, 6.07) is 9.25. The minimum atomic E-state index is 0.204. The van der Waals surface area contributed by atoms with E-state index in [1.54, 1.807) is 18.3 Å². The molecule has 0 atom stereocenters. The molecule has 0 aliphatic rings. The molecule has 1 aromatic heterocycles. The summed E-state index contributed by atoms with van der Waals surface area (Å²) in [7, 11) is 0. The van der Waals surface area contributed by atoms with Gasteiger partial charge in [0.2, 0.25) is 0 Å². The molecular formula is C16H17N3O. The van der Waals surface area contributed by atoms with Gasteiger partial charge in [-0.3, -0.25) is 0 Å². The summed E-state index contributed by atoms with van der Waals surface area (Å²) < 4.78 is 0. The van der Waals surface area contributed by atoms with Gasteiger partial charge in [0.1, 0.15) is 11.8 Å². The van der Waals surface area contributed by atoms with Gasteiger partial charge in [-0.1, -0.05) is 6.07 Å². The van der Waals surface area contributed by atoms with E-state index in [2.05, 4.69) is 11.1 Å². The van der Waals surface area contributed by atoms with Crippen LogP contribution in [0.2, 0.25) is 0 Å². The molecule has 2 aromatic rings. The third kappa shape index (κ3) is 2.43. The third-order valence-electron chi connectivity index (χ3n) is 3.31. The zero-order chi connectivity index (χ0) is 14.7. The number of anilines is 2. The Balaban J connectivity index is 2.62. The number of aryl methyl sites for hydroxylation is 2. The molecule has 2 rings (SSSR count). The first-order valence-corrected chi connectivity index (χ1v) is 6.51. The molecule has 0 radical (unpaired) electrons. The average molecular weight is 267 g/mol. The van der Waals surface area contributed by atoms with E-state index in [9.17, 15) is 10.4 Å². The molecule has 1 aromatic carbocycles. The monoisotopic (exact) mass is 267 g/mol. The quantitative estimate of drug-likeness (QED) is 0.925. The van der Waals surface area contributed by atoms with Crippen LogP contribution in [0.1, 0.15) is 23.6 Å². The Morgan fingerprint density at radius 2 is 2.00 bits per heavy atom. The summed E-state index contributed by atoms with van der Waals surface area (Å²) in [5, 5.41) is 19.0. The van der Waals surface area contributed by atoms with Crippen LogP contribution in [0.3, 0.4) is 0 Å². The fraction of sp³-hybridized carbons (Fsp3) is 0.250. The lowest BCUT2D eigenvalue weighted by molar-refractivity contribution is 0.475. The van der Waals surface area contributed by atoms with Crippen LogP contribution in [0.25, 0.3) is 0 Å². The molecule has 0 spiro atoms. The zero-order valence-electron chi connectivity index (χ0n) is 11.9. The predicted molar refractivity (Wildman–Crippen MR) is 79.2 cm³/mol. The summed E-state index contributed by atoms with van der Waals surface area (Å²) in [6.07, 6.45) is 1.70. The Labute approximate surface area is 118 Å². The molecule has 1 N–H and O–H groups in total. The Morgan fingerprint density at radius 1 is 1.25 bits per heavy atom. The largest absolute Gasteiger partial charge is 0.508 e. The molecular weight excluding hydrogens is 250 g/mol. The second-order valence-corrected chi connectivity index (χ2v) is 4.65. The standard InChI is InChI=1S/C16H17N3O/c1-4-19(15-9-13(20)6-5-12(15)3)16-14(10-17)11(2)7-8-18-16/h5-9,20H,4H2,1-3H3. The van der Waals surface area contributed by atoms with Crippen LogP contribution in [0.15, 0.2) is 30.5 Å². The van der Waals surface area contributed by atoms with Gasteiger partial charge >= 0.3 is 0 Å². The van der Waals surface area contributed by atoms with E-state index in [4.69, 9.17) is 0 Å². The van der Waals surface area contributed by atoms with E-state index in [-0.39, 0.29) is 5.75 Å². The van der Waals surface area contributed by atoms with E-state index in [1.165, 1.54) is 0 Å². The van der Waals surface area contributed by atoms with Gasteiger partial charge in [-0.25, -0.2) is 4.98 Å². The normalized spacial score (nSPS) is 10.1. The number of aromatic hydroxyl groups is 1. The van der Waals surface area contributed by atoms with Gasteiger partial charge in [0.25, 0.3) is 0 Å². The Hall–Kier alpha value is -2.54. The van der Waals surface area contributed by atoms with Crippen LogP contribution in [0.5, 0.6) is 5.75 Å². The lowest BCUT2D eigenvalue weighted by Crippen LogP contribution is -2.20. The molecule has 0 saturated heterocycles. The molecule has 0 aliphatic heterocycles. The first-order chi connectivity index (χ1) is 9.58. The average Bonchev–Trinajstić information content (AvgIpc) is 2.44. The van der Waals surface area contributed by atoms with E-state index in [1.807, 2.05) is 37.8 Å². The van der Waals surface area contributed by atoms with Crippen LogP contribution in [-0.2, 0) is 0 Å². The van der Waals surface area contributed by atoms with Crippen molar-refractivity contribution in [2.45, 2.75) is 20.8 Å². The molecule has 0 amide bonds.